The summed E-state index contributed by atoms with van der Waals surface area (Å²) in [5, 5.41) is 0. The Bertz CT molecular complexity index is 420. The normalized spacial score (nSPS) is 17.3. The van der Waals surface area contributed by atoms with Gasteiger partial charge in [-0.05, 0) is 24.2 Å². The number of hydrogen-bond donors (Lipinski definition) is 0. The molecule has 1 aliphatic rings. The molecule has 0 radical (unpaired) electrons. The molecular weight excluding hydrogens is 229 g/mol. The Morgan fingerprint density at radius 2 is 1.88 bits per heavy atom. The molecule has 92 valence electrons. The Morgan fingerprint density at radius 1 is 1.24 bits per heavy atom. The number of nitrogens with zero attached hydrogens (tertiary/aromatic N) is 2. The van der Waals surface area contributed by atoms with Crippen molar-refractivity contribution >= 4 is 5.71 Å². The van der Waals surface area contributed by atoms with Crippen molar-refractivity contribution in [3.63, 3.8) is 0 Å². The minimum absolute atomic E-state index is 0.618. The zero-order valence-electron chi connectivity index (χ0n) is 9.46. The van der Waals surface area contributed by atoms with Crippen LogP contribution < -0.4 is 0 Å². The first kappa shape index (κ1) is 12.1. The van der Waals surface area contributed by atoms with Gasteiger partial charge in [0, 0.05) is 6.54 Å². The summed E-state index contributed by atoms with van der Waals surface area (Å²) in [7, 11) is 0. The fraction of sp³-hybridized carbons (Fsp3) is 0.417. The maximum atomic E-state index is 12.4. The fourth-order valence-corrected chi connectivity index (χ4v) is 1.74. The van der Waals surface area contributed by atoms with Crippen molar-refractivity contribution in [1.82, 2.24) is 4.90 Å². The molecule has 5 heteroatoms. The van der Waals surface area contributed by atoms with Crippen LogP contribution in [-0.4, -0.2) is 30.4 Å². The van der Waals surface area contributed by atoms with E-state index in [0.717, 1.165) is 30.0 Å². The molecule has 0 fully saturated rings. The van der Waals surface area contributed by atoms with Crippen LogP contribution >= 0.6 is 0 Å². The van der Waals surface area contributed by atoms with Crippen LogP contribution in [0.15, 0.2) is 29.3 Å². The second-order valence-electron chi connectivity index (χ2n) is 3.97. The van der Waals surface area contributed by atoms with Crippen molar-refractivity contribution in [2.24, 2.45) is 4.99 Å². The van der Waals surface area contributed by atoms with E-state index in [9.17, 15) is 13.2 Å². The van der Waals surface area contributed by atoms with Crippen LogP contribution in [0.2, 0.25) is 0 Å². The van der Waals surface area contributed by atoms with Gasteiger partial charge in [-0.1, -0.05) is 19.1 Å². The number of rotatable bonds is 2. The molecule has 0 amide bonds. The molecule has 0 atom stereocenters. The number of halogens is 3. The predicted octanol–water partition coefficient (Wildman–Crippen LogP) is 2.79. The molecular formula is C12H13F3N2. The minimum atomic E-state index is -4.27. The topological polar surface area (TPSA) is 15.6 Å². The van der Waals surface area contributed by atoms with Crippen LogP contribution in [0.5, 0.6) is 0 Å². The first-order valence-electron chi connectivity index (χ1n) is 5.44. The van der Waals surface area contributed by atoms with Gasteiger partial charge in [0.15, 0.2) is 0 Å². The number of benzene rings is 1. The first-order valence-corrected chi connectivity index (χ1v) is 5.44. The third kappa shape index (κ3) is 2.66. The molecule has 2 rings (SSSR count). The zero-order valence-corrected chi connectivity index (χ0v) is 9.46. The average molecular weight is 242 g/mol. The Hall–Kier alpha value is -1.36. The molecule has 0 bridgehead atoms. The Morgan fingerprint density at radius 3 is 2.35 bits per heavy atom. The maximum Gasteiger partial charge on any atom is 0.416 e. The van der Waals surface area contributed by atoms with Crippen molar-refractivity contribution in [2.45, 2.75) is 13.1 Å². The molecule has 0 aliphatic carbocycles. The molecule has 0 aromatic heterocycles. The van der Waals surface area contributed by atoms with E-state index in [0.29, 0.717) is 13.2 Å². The standard InChI is InChI=1S/C12H13F3N2/c1-2-17-7-11(16-8-17)9-3-5-10(6-4-9)12(13,14)15/h3-6H,2,7-8H2,1H3. The SMILES string of the molecule is CCN1CN=C(c2ccc(C(F)(F)F)cc2)C1. The third-order valence-electron chi connectivity index (χ3n) is 2.83. The van der Waals surface area contributed by atoms with Crippen LogP contribution in [0.1, 0.15) is 18.1 Å². The fourth-order valence-electron chi connectivity index (χ4n) is 1.74. The lowest BCUT2D eigenvalue weighted by Gasteiger charge is -2.10. The van der Waals surface area contributed by atoms with E-state index in [1.165, 1.54) is 12.1 Å². The molecule has 0 spiro atoms. The molecule has 2 nitrogen and oxygen atoms in total. The molecule has 1 aliphatic heterocycles. The summed E-state index contributed by atoms with van der Waals surface area (Å²) in [5.74, 6) is 0. The Balaban J connectivity index is 2.14. The summed E-state index contributed by atoms with van der Waals surface area (Å²) in [4.78, 5) is 6.43. The largest absolute Gasteiger partial charge is 0.416 e. The van der Waals surface area contributed by atoms with Crippen LogP contribution in [0, 0.1) is 0 Å². The van der Waals surface area contributed by atoms with E-state index in [4.69, 9.17) is 0 Å². The van der Waals surface area contributed by atoms with E-state index in [1.54, 1.807) is 0 Å². The first-order chi connectivity index (χ1) is 8.00. The van der Waals surface area contributed by atoms with E-state index in [1.807, 2.05) is 6.92 Å². The Labute approximate surface area is 97.8 Å². The summed E-state index contributed by atoms with van der Waals surface area (Å²) < 4.78 is 37.1. The van der Waals surface area contributed by atoms with Gasteiger partial charge in [-0.3, -0.25) is 9.89 Å². The predicted molar refractivity (Wildman–Crippen MR) is 60.1 cm³/mol. The third-order valence-corrected chi connectivity index (χ3v) is 2.83. The van der Waals surface area contributed by atoms with E-state index in [2.05, 4.69) is 9.89 Å². The molecule has 0 saturated heterocycles. The van der Waals surface area contributed by atoms with Gasteiger partial charge in [-0.25, -0.2) is 0 Å². The van der Waals surface area contributed by atoms with Crippen LogP contribution in [0.25, 0.3) is 0 Å². The molecule has 0 unspecified atom stereocenters. The smallest absolute Gasteiger partial charge is 0.279 e. The molecule has 17 heavy (non-hydrogen) atoms. The highest BCUT2D eigenvalue weighted by Gasteiger charge is 2.30. The second-order valence-corrected chi connectivity index (χ2v) is 3.97. The molecule has 1 heterocycles. The lowest BCUT2D eigenvalue weighted by molar-refractivity contribution is -0.137. The number of aliphatic imine (C=N–C) groups is 1. The number of hydrogen-bond acceptors (Lipinski definition) is 2. The average Bonchev–Trinajstić information content (AvgIpc) is 2.76. The van der Waals surface area contributed by atoms with E-state index >= 15 is 0 Å². The quantitative estimate of drug-likeness (QED) is 0.778. The maximum absolute atomic E-state index is 12.4. The summed E-state index contributed by atoms with van der Waals surface area (Å²) in [6.45, 7) is 4.27. The summed E-state index contributed by atoms with van der Waals surface area (Å²) >= 11 is 0. The second kappa shape index (κ2) is 4.49. The van der Waals surface area contributed by atoms with E-state index < -0.39 is 11.7 Å². The number of likely N-dealkylation sites (N-methyl/N-ethyl adjacent to an activating group) is 1. The lowest BCUT2D eigenvalue weighted by atomic mass is 10.1. The highest BCUT2D eigenvalue weighted by Crippen LogP contribution is 2.29. The van der Waals surface area contributed by atoms with Crippen LogP contribution in [0.3, 0.4) is 0 Å². The van der Waals surface area contributed by atoms with Crippen LogP contribution in [0.4, 0.5) is 13.2 Å². The van der Waals surface area contributed by atoms with Gasteiger partial charge in [0.2, 0.25) is 0 Å². The van der Waals surface area contributed by atoms with Gasteiger partial charge in [-0.2, -0.15) is 13.2 Å². The van der Waals surface area contributed by atoms with E-state index in [-0.39, 0.29) is 0 Å². The van der Waals surface area contributed by atoms with Crippen molar-refractivity contribution in [3.8, 4) is 0 Å². The molecule has 0 N–H and O–H groups in total. The van der Waals surface area contributed by atoms with Crippen molar-refractivity contribution in [2.75, 3.05) is 19.8 Å². The lowest BCUT2D eigenvalue weighted by Crippen LogP contribution is -2.22. The highest BCUT2D eigenvalue weighted by molar-refractivity contribution is 6.02. The van der Waals surface area contributed by atoms with Crippen molar-refractivity contribution in [1.29, 1.82) is 0 Å². The van der Waals surface area contributed by atoms with Gasteiger partial charge >= 0.3 is 6.18 Å². The zero-order chi connectivity index (χ0) is 12.5. The van der Waals surface area contributed by atoms with Crippen LogP contribution in [-0.2, 0) is 6.18 Å². The Kier molecular flexibility index (Phi) is 3.19. The molecule has 0 saturated carbocycles. The van der Waals surface area contributed by atoms with Crippen molar-refractivity contribution in [3.05, 3.63) is 35.4 Å². The summed E-state index contributed by atoms with van der Waals surface area (Å²) in [5.41, 5.74) is 1.02. The monoisotopic (exact) mass is 242 g/mol. The number of alkyl halides is 3. The van der Waals surface area contributed by atoms with Crippen molar-refractivity contribution < 1.29 is 13.2 Å². The van der Waals surface area contributed by atoms with Gasteiger partial charge in [0.05, 0.1) is 17.9 Å². The van der Waals surface area contributed by atoms with Gasteiger partial charge in [0.25, 0.3) is 0 Å². The van der Waals surface area contributed by atoms with Gasteiger partial charge in [-0.15, -0.1) is 0 Å². The summed E-state index contributed by atoms with van der Waals surface area (Å²) in [6.07, 6.45) is -4.27. The minimum Gasteiger partial charge on any atom is -0.279 e. The summed E-state index contributed by atoms with van der Waals surface area (Å²) in [6, 6.07) is 5.18. The van der Waals surface area contributed by atoms with Gasteiger partial charge < -0.3 is 0 Å². The highest BCUT2D eigenvalue weighted by atomic mass is 19.4. The van der Waals surface area contributed by atoms with Gasteiger partial charge in [0.1, 0.15) is 0 Å². The molecule has 1 aromatic carbocycles. The molecule has 1 aromatic rings.